The average Bonchev–Trinajstić information content (AvgIpc) is 3.72. The van der Waals surface area contributed by atoms with Gasteiger partial charge in [0.1, 0.15) is 6.54 Å². The van der Waals surface area contributed by atoms with Crippen LogP contribution in [0.5, 0.6) is 11.5 Å². The van der Waals surface area contributed by atoms with Gasteiger partial charge in [-0.2, -0.15) is 0 Å². The number of rotatable bonds is 14. The Hall–Kier alpha value is -4.22. The number of thiophene rings is 1. The number of hydrogen-bond donors (Lipinski definition) is 0. The largest absolute Gasteiger partial charge is 0.493 e. The number of carbonyl (C=O) groups is 2. The van der Waals surface area contributed by atoms with E-state index in [-0.39, 0.29) is 30.2 Å². The minimum absolute atomic E-state index is 0.0250. The Labute approximate surface area is 249 Å². The van der Waals surface area contributed by atoms with Gasteiger partial charge < -0.3 is 24.0 Å². The number of ether oxygens (including phenoxy) is 3. The summed E-state index contributed by atoms with van der Waals surface area (Å²) in [4.78, 5) is 41.9. The molecule has 3 aromatic rings. The number of hydrogen-bond acceptors (Lipinski definition) is 8. The van der Waals surface area contributed by atoms with Gasteiger partial charge in [-0.3, -0.25) is 19.7 Å². The van der Waals surface area contributed by atoms with Crippen molar-refractivity contribution in [2.75, 3.05) is 40.5 Å². The highest BCUT2D eigenvalue weighted by Gasteiger charge is 2.26. The van der Waals surface area contributed by atoms with Gasteiger partial charge in [-0.05, 0) is 72.2 Å². The monoisotopic (exact) mass is 593 g/mol. The molecule has 1 atom stereocenters. The summed E-state index contributed by atoms with van der Waals surface area (Å²) in [7, 11) is 3.17. The number of amides is 2. The van der Waals surface area contributed by atoms with Crippen LogP contribution in [0.15, 0.2) is 66.1 Å². The standard InChI is InChI=1S/C31H35N3O7S/c1-39-28-13-9-24(19-29(28)40-2)15-16-32(21-27-6-4-18-42-27)31(36)22-33(20-26-5-3-17-41-26)30(35)14-10-23-7-11-25(12-8-23)34(37)38/h4,6-14,18-19,26H,3,5,15-17,20-22H2,1-2H3/b14-10+. The van der Waals surface area contributed by atoms with Gasteiger partial charge in [0, 0.05) is 42.8 Å². The lowest BCUT2D eigenvalue weighted by Crippen LogP contribution is -2.45. The summed E-state index contributed by atoms with van der Waals surface area (Å²) in [5.74, 6) is 0.768. The molecule has 11 heteroatoms. The van der Waals surface area contributed by atoms with Crippen LogP contribution in [0.3, 0.4) is 0 Å². The highest BCUT2D eigenvalue weighted by molar-refractivity contribution is 7.09. The molecule has 10 nitrogen and oxygen atoms in total. The van der Waals surface area contributed by atoms with E-state index in [4.69, 9.17) is 14.2 Å². The van der Waals surface area contributed by atoms with Crippen LogP contribution in [0.4, 0.5) is 5.69 Å². The van der Waals surface area contributed by atoms with Gasteiger partial charge in [-0.15, -0.1) is 11.3 Å². The highest BCUT2D eigenvalue weighted by atomic mass is 32.1. The van der Waals surface area contributed by atoms with Crippen molar-refractivity contribution >= 4 is 34.9 Å². The molecule has 0 spiro atoms. The Morgan fingerprint density at radius 2 is 1.88 bits per heavy atom. The van der Waals surface area contributed by atoms with Crippen LogP contribution >= 0.6 is 11.3 Å². The highest BCUT2D eigenvalue weighted by Crippen LogP contribution is 2.28. The molecule has 1 unspecified atom stereocenters. The van der Waals surface area contributed by atoms with Crippen molar-refractivity contribution in [1.29, 1.82) is 0 Å². The van der Waals surface area contributed by atoms with E-state index in [9.17, 15) is 19.7 Å². The first-order valence-electron chi connectivity index (χ1n) is 13.7. The number of methoxy groups -OCH3 is 2. The van der Waals surface area contributed by atoms with E-state index < -0.39 is 4.92 Å². The summed E-state index contributed by atoms with van der Waals surface area (Å²) in [6.07, 6.45) is 5.19. The summed E-state index contributed by atoms with van der Waals surface area (Å²) in [5, 5.41) is 12.9. The lowest BCUT2D eigenvalue weighted by atomic mass is 10.1. The molecule has 1 aromatic heterocycles. The van der Waals surface area contributed by atoms with E-state index in [1.54, 1.807) is 48.7 Å². The fraction of sp³-hybridized carbons (Fsp3) is 0.355. The molecule has 1 saturated heterocycles. The van der Waals surface area contributed by atoms with Crippen LogP contribution in [0, 0.1) is 10.1 Å². The van der Waals surface area contributed by atoms with E-state index in [0.29, 0.717) is 49.7 Å². The molecule has 0 radical (unpaired) electrons. The predicted octanol–water partition coefficient (Wildman–Crippen LogP) is 4.97. The number of nitro groups is 1. The molecule has 2 aromatic carbocycles. The molecule has 0 saturated carbocycles. The van der Waals surface area contributed by atoms with Crippen LogP contribution in [0.25, 0.3) is 6.08 Å². The fourth-order valence-corrected chi connectivity index (χ4v) is 5.41. The van der Waals surface area contributed by atoms with Crippen LogP contribution in [-0.2, 0) is 27.3 Å². The molecule has 222 valence electrons. The normalized spacial score (nSPS) is 14.6. The quantitative estimate of drug-likeness (QED) is 0.147. The van der Waals surface area contributed by atoms with E-state index in [1.165, 1.54) is 23.1 Å². The first-order valence-corrected chi connectivity index (χ1v) is 14.6. The second kappa shape index (κ2) is 15.1. The first-order chi connectivity index (χ1) is 20.4. The maximum atomic E-state index is 13.7. The summed E-state index contributed by atoms with van der Waals surface area (Å²) < 4.78 is 16.6. The molecule has 4 rings (SSSR count). The van der Waals surface area contributed by atoms with Crippen LogP contribution in [0.1, 0.15) is 28.8 Å². The second-order valence-corrected chi connectivity index (χ2v) is 10.9. The second-order valence-electron chi connectivity index (χ2n) is 9.87. The van der Waals surface area contributed by atoms with Crippen LogP contribution < -0.4 is 9.47 Å². The van der Waals surface area contributed by atoms with Gasteiger partial charge in [-0.1, -0.05) is 12.1 Å². The molecule has 1 fully saturated rings. The zero-order chi connectivity index (χ0) is 29.9. The molecule has 2 heterocycles. The van der Waals surface area contributed by atoms with Gasteiger partial charge in [0.2, 0.25) is 11.8 Å². The van der Waals surface area contributed by atoms with E-state index in [2.05, 4.69) is 0 Å². The van der Waals surface area contributed by atoms with Crippen molar-refractivity contribution in [2.45, 2.75) is 31.9 Å². The Morgan fingerprint density at radius 3 is 2.52 bits per heavy atom. The van der Waals surface area contributed by atoms with E-state index in [0.717, 1.165) is 23.3 Å². The zero-order valence-corrected chi connectivity index (χ0v) is 24.6. The van der Waals surface area contributed by atoms with Crippen LogP contribution in [-0.4, -0.2) is 73.1 Å². The third kappa shape index (κ3) is 8.64. The molecule has 1 aliphatic heterocycles. The number of carbonyl (C=O) groups excluding carboxylic acids is 2. The number of benzene rings is 2. The SMILES string of the molecule is COc1ccc(CCN(Cc2cccs2)C(=O)CN(CC2CCCO2)C(=O)/C=C/c2ccc([N+](=O)[O-])cc2)cc1OC. The van der Waals surface area contributed by atoms with Gasteiger partial charge >= 0.3 is 0 Å². The molecular formula is C31H35N3O7S. The summed E-state index contributed by atoms with van der Waals surface area (Å²) in [6, 6.07) is 15.6. The summed E-state index contributed by atoms with van der Waals surface area (Å²) in [5.41, 5.74) is 1.62. The molecule has 2 amide bonds. The first kappa shape index (κ1) is 30.7. The zero-order valence-electron chi connectivity index (χ0n) is 23.8. The Kier molecular flexibility index (Phi) is 11.1. The molecule has 0 bridgehead atoms. The van der Waals surface area contributed by atoms with Crippen molar-refractivity contribution in [2.24, 2.45) is 0 Å². The van der Waals surface area contributed by atoms with Gasteiger partial charge in [0.05, 0.1) is 31.8 Å². The Balaban J connectivity index is 1.49. The van der Waals surface area contributed by atoms with Crippen molar-refractivity contribution in [3.63, 3.8) is 0 Å². The topological polar surface area (TPSA) is 111 Å². The Bertz CT molecular complexity index is 1370. The Morgan fingerprint density at radius 1 is 1.10 bits per heavy atom. The van der Waals surface area contributed by atoms with Gasteiger partial charge in [0.15, 0.2) is 11.5 Å². The maximum Gasteiger partial charge on any atom is 0.269 e. The van der Waals surface area contributed by atoms with E-state index in [1.807, 2.05) is 35.7 Å². The predicted molar refractivity (Wildman–Crippen MR) is 161 cm³/mol. The number of nitro benzene ring substituents is 1. The number of non-ortho nitro benzene ring substituents is 1. The molecule has 42 heavy (non-hydrogen) atoms. The maximum absolute atomic E-state index is 13.7. The van der Waals surface area contributed by atoms with Gasteiger partial charge in [0.25, 0.3) is 5.69 Å². The summed E-state index contributed by atoms with van der Waals surface area (Å²) >= 11 is 1.58. The molecule has 0 N–H and O–H groups in total. The van der Waals surface area contributed by atoms with Crippen molar-refractivity contribution in [3.8, 4) is 11.5 Å². The van der Waals surface area contributed by atoms with Gasteiger partial charge in [-0.25, -0.2) is 0 Å². The minimum Gasteiger partial charge on any atom is -0.493 e. The lowest BCUT2D eigenvalue weighted by Gasteiger charge is -2.28. The lowest BCUT2D eigenvalue weighted by molar-refractivity contribution is -0.384. The average molecular weight is 594 g/mol. The molecule has 0 aliphatic carbocycles. The third-order valence-electron chi connectivity index (χ3n) is 7.01. The summed E-state index contributed by atoms with van der Waals surface area (Å²) in [6.45, 7) is 1.73. The van der Waals surface area contributed by atoms with Crippen molar-refractivity contribution in [3.05, 3.63) is 92.2 Å². The molecule has 1 aliphatic rings. The fourth-order valence-electron chi connectivity index (χ4n) is 4.69. The smallest absolute Gasteiger partial charge is 0.269 e. The minimum atomic E-state index is -0.472. The molecular weight excluding hydrogens is 558 g/mol. The number of nitrogens with zero attached hydrogens (tertiary/aromatic N) is 3. The van der Waals surface area contributed by atoms with Crippen LogP contribution in [0.2, 0.25) is 0 Å². The van der Waals surface area contributed by atoms with Crippen molar-refractivity contribution < 1.29 is 28.7 Å². The third-order valence-corrected chi connectivity index (χ3v) is 7.87. The van der Waals surface area contributed by atoms with E-state index >= 15 is 0 Å². The van der Waals surface area contributed by atoms with Crippen molar-refractivity contribution in [1.82, 2.24) is 9.80 Å².